The molecule has 14 heteroatoms. The lowest BCUT2D eigenvalue weighted by atomic mass is 9.75. The van der Waals surface area contributed by atoms with E-state index in [2.05, 4.69) is 25.1 Å². The Morgan fingerprint density at radius 3 is 2.91 bits per heavy atom. The van der Waals surface area contributed by atoms with Crippen molar-refractivity contribution in [1.82, 2.24) is 30.0 Å². The van der Waals surface area contributed by atoms with Gasteiger partial charge in [0.2, 0.25) is 5.88 Å². The number of likely N-dealkylation sites (tertiary alicyclic amines) is 1. The third-order valence-electron chi connectivity index (χ3n) is 9.75. The molecule has 4 unspecified atom stereocenters. The molecule has 3 aromatic heterocycles. The van der Waals surface area contributed by atoms with E-state index < -0.39 is 23.0 Å². The normalized spacial score (nSPS) is 27.3. The van der Waals surface area contributed by atoms with E-state index in [0.29, 0.717) is 53.2 Å². The maximum atomic E-state index is 17.0. The Balaban J connectivity index is 1.41. The van der Waals surface area contributed by atoms with Gasteiger partial charge < -0.3 is 24.2 Å². The van der Waals surface area contributed by atoms with Gasteiger partial charge in [0.25, 0.3) is 0 Å². The van der Waals surface area contributed by atoms with Crippen molar-refractivity contribution in [2.75, 3.05) is 58.5 Å². The van der Waals surface area contributed by atoms with Gasteiger partial charge in [-0.1, -0.05) is 18.0 Å². The van der Waals surface area contributed by atoms with Crippen LogP contribution in [-0.2, 0) is 4.74 Å². The number of H-pyrrole nitrogens is 1. The van der Waals surface area contributed by atoms with Gasteiger partial charge >= 0.3 is 6.01 Å². The van der Waals surface area contributed by atoms with Crippen molar-refractivity contribution in [1.29, 1.82) is 0 Å². The van der Waals surface area contributed by atoms with E-state index in [-0.39, 0.29) is 60.1 Å². The van der Waals surface area contributed by atoms with Crippen LogP contribution in [0.2, 0.25) is 5.02 Å². The number of β-amino-alcohol motifs (C(OH)–C–C–N with tert-alkyl or cyclic N) is 1. The molecule has 4 atom stereocenters. The monoisotopic (exact) mass is 657 g/mol. The molecule has 11 nitrogen and oxygen atoms in total. The van der Waals surface area contributed by atoms with Crippen molar-refractivity contribution in [2.24, 2.45) is 5.41 Å². The molecule has 4 aromatic rings. The number of anilines is 1. The number of nitrogens with one attached hydrogen (secondary N) is 1. The van der Waals surface area contributed by atoms with Crippen molar-refractivity contribution in [3.63, 3.8) is 0 Å². The number of alkyl halides is 1. The number of methoxy groups -OCH3 is 1. The van der Waals surface area contributed by atoms with E-state index in [0.717, 1.165) is 19.3 Å². The number of pyridine rings is 1. The predicted octanol–water partition coefficient (Wildman–Crippen LogP) is 4.86. The second-order valence-electron chi connectivity index (χ2n) is 13.3. The molecule has 0 amide bonds. The summed E-state index contributed by atoms with van der Waals surface area (Å²) < 4.78 is 49.7. The smallest absolute Gasteiger partial charge is 0.319 e. The Morgan fingerprint density at radius 2 is 2.11 bits per heavy atom. The van der Waals surface area contributed by atoms with E-state index in [1.54, 1.807) is 13.1 Å². The number of benzene rings is 1. The van der Waals surface area contributed by atoms with E-state index in [1.807, 2.05) is 24.9 Å². The zero-order chi connectivity index (χ0) is 32.4. The van der Waals surface area contributed by atoms with Crippen LogP contribution in [0.3, 0.4) is 0 Å². The van der Waals surface area contributed by atoms with Crippen LogP contribution in [0.15, 0.2) is 12.3 Å². The number of rotatable bonds is 6. The summed E-state index contributed by atoms with van der Waals surface area (Å²) >= 11 is 6.80. The topological polar surface area (TPSA) is 122 Å². The number of aromatic amines is 1. The average Bonchev–Trinajstić information content (AvgIpc) is 3.61. The molecule has 246 valence electrons. The van der Waals surface area contributed by atoms with E-state index >= 15 is 4.39 Å². The maximum absolute atomic E-state index is 17.0. The van der Waals surface area contributed by atoms with Crippen LogP contribution < -0.4 is 14.4 Å². The van der Waals surface area contributed by atoms with Crippen molar-refractivity contribution in [3.8, 4) is 23.1 Å². The molecule has 46 heavy (non-hydrogen) atoms. The van der Waals surface area contributed by atoms with Crippen LogP contribution in [0.5, 0.6) is 11.9 Å². The molecule has 0 bridgehead atoms. The number of aromatic nitrogens is 5. The molecule has 2 N–H and O–H groups in total. The van der Waals surface area contributed by atoms with E-state index in [1.165, 1.54) is 7.11 Å². The second-order valence-corrected chi connectivity index (χ2v) is 13.7. The minimum atomic E-state index is -1.21. The summed E-state index contributed by atoms with van der Waals surface area (Å²) in [6, 6.07) is 1.95. The van der Waals surface area contributed by atoms with Gasteiger partial charge in [-0.3, -0.25) is 10.00 Å². The minimum Gasteiger partial charge on any atom is -0.480 e. The van der Waals surface area contributed by atoms with Gasteiger partial charge in [0.05, 0.1) is 50.2 Å². The quantitative estimate of drug-likeness (QED) is 0.297. The molecule has 2 saturated heterocycles. The first-order valence-electron chi connectivity index (χ1n) is 15.6. The Morgan fingerprint density at radius 1 is 1.28 bits per heavy atom. The molecular weight excluding hydrogens is 620 g/mol. The summed E-state index contributed by atoms with van der Waals surface area (Å²) in [5, 5.41) is 19.2. The number of aliphatic hydroxyl groups is 1. The fourth-order valence-corrected chi connectivity index (χ4v) is 8.00. The molecule has 7 rings (SSSR count). The summed E-state index contributed by atoms with van der Waals surface area (Å²) in [7, 11) is 3.40. The van der Waals surface area contributed by atoms with Crippen LogP contribution in [0.1, 0.15) is 38.2 Å². The van der Waals surface area contributed by atoms with Crippen molar-refractivity contribution in [3.05, 3.63) is 28.7 Å². The number of piperidine rings is 1. The first-order chi connectivity index (χ1) is 22.0. The van der Waals surface area contributed by atoms with E-state index in [9.17, 15) is 9.50 Å². The van der Waals surface area contributed by atoms with Crippen LogP contribution in [0.4, 0.5) is 14.6 Å². The highest BCUT2D eigenvalue weighted by Gasteiger charge is 2.50. The molecule has 3 fully saturated rings. The molecular formula is C32H38ClF2N7O4. The van der Waals surface area contributed by atoms with Crippen LogP contribution in [-0.4, -0.2) is 107 Å². The molecule has 2 aliphatic heterocycles. The fourth-order valence-electron chi connectivity index (χ4n) is 7.75. The number of halogens is 3. The van der Waals surface area contributed by atoms with Gasteiger partial charge in [-0.05, 0) is 51.8 Å². The van der Waals surface area contributed by atoms with Crippen LogP contribution >= 0.6 is 11.6 Å². The zero-order valence-electron chi connectivity index (χ0n) is 26.4. The number of hydrogen-bond acceptors (Lipinski definition) is 10. The third-order valence-corrected chi connectivity index (χ3v) is 10.2. The van der Waals surface area contributed by atoms with Gasteiger partial charge in [-0.15, -0.1) is 0 Å². The predicted molar refractivity (Wildman–Crippen MR) is 170 cm³/mol. The fraction of sp³-hybridized carbons (Fsp3) is 0.562. The number of nitrogens with zero attached hydrogens (tertiary/aromatic N) is 6. The van der Waals surface area contributed by atoms with Gasteiger partial charge in [-0.25, -0.2) is 13.8 Å². The summed E-state index contributed by atoms with van der Waals surface area (Å²) in [4.78, 5) is 17.9. The summed E-state index contributed by atoms with van der Waals surface area (Å²) in [6.45, 7) is 5.00. The highest BCUT2D eigenvalue weighted by Crippen LogP contribution is 2.48. The van der Waals surface area contributed by atoms with Crippen molar-refractivity contribution in [2.45, 2.75) is 57.3 Å². The lowest BCUT2D eigenvalue weighted by molar-refractivity contribution is -0.0244. The van der Waals surface area contributed by atoms with Gasteiger partial charge in [0, 0.05) is 35.5 Å². The summed E-state index contributed by atoms with van der Waals surface area (Å²) in [6.07, 6.45) is 3.74. The van der Waals surface area contributed by atoms with Gasteiger partial charge in [0.1, 0.15) is 34.2 Å². The molecule has 3 aliphatic rings. The summed E-state index contributed by atoms with van der Waals surface area (Å²) in [5.74, 6) is -0.375. The Kier molecular flexibility index (Phi) is 7.94. The molecule has 0 radical (unpaired) electrons. The highest BCUT2D eigenvalue weighted by atomic mass is 35.5. The van der Waals surface area contributed by atoms with Gasteiger partial charge in [-0.2, -0.15) is 15.1 Å². The maximum Gasteiger partial charge on any atom is 0.319 e. The van der Waals surface area contributed by atoms with Gasteiger partial charge in [0.15, 0.2) is 5.82 Å². The lowest BCUT2D eigenvalue weighted by Crippen LogP contribution is -2.54. The van der Waals surface area contributed by atoms with Crippen molar-refractivity contribution >= 4 is 39.2 Å². The second kappa shape index (κ2) is 11.7. The zero-order valence-corrected chi connectivity index (χ0v) is 27.1. The standard InChI is InChI=1S/C32H38ClF2N7O4/c1-17-10-20-19(12-36-40-20)22(24(17)33)26-25(35)27-23(29(37-26)44-4)28(42-8-9-45-15-31(2,43)14-42)39-30(38-27)46-16-32-7-5-6-21(32)41(3)13-18(34)11-32/h10,12,18,21,43H,5-9,11,13-16H2,1-4H3,(H,36,40). The Labute approximate surface area is 270 Å². The SMILES string of the molecule is COc1nc(-c2c(Cl)c(C)cc3[nH]ncc23)c(F)c2nc(OCC34CCCC3N(C)CC(F)C4)nc(N3CCOCC(C)(O)C3)c12. The highest BCUT2D eigenvalue weighted by molar-refractivity contribution is 6.35. The number of hydrogen-bond donors (Lipinski definition) is 2. The Bertz CT molecular complexity index is 1810. The molecule has 1 saturated carbocycles. The van der Waals surface area contributed by atoms with Crippen LogP contribution in [0.25, 0.3) is 33.1 Å². The van der Waals surface area contributed by atoms with Crippen molar-refractivity contribution < 1.29 is 28.1 Å². The average molecular weight is 658 g/mol. The largest absolute Gasteiger partial charge is 0.480 e. The first-order valence-corrected chi connectivity index (χ1v) is 16.0. The molecule has 1 aromatic carbocycles. The number of fused-ring (bicyclic) bond motifs is 3. The third kappa shape index (κ3) is 5.30. The number of aryl methyl sites for hydroxylation is 1. The Hall–Kier alpha value is -3.39. The number of ether oxygens (including phenoxy) is 3. The van der Waals surface area contributed by atoms with E-state index in [4.69, 9.17) is 30.8 Å². The molecule has 0 spiro atoms. The lowest BCUT2D eigenvalue weighted by Gasteiger charge is -2.45. The van der Waals surface area contributed by atoms with Crippen LogP contribution in [0, 0.1) is 18.2 Å². The first kappa shape index (κ1) is 31.2. The summed E-state index contributed by atoms with van der Waals surface area (Å²) in [5.41, 5.74) is -0.0298. The molecule has 5 heterocycles. The molecule has 1 aliphatic carbocycles. The minimum absolute atomic E-state index is 0.0575.